The molecule has 2 aromatic rings. The average Bonchev–Trinajstić information content (AvgIpc) is 3.06. The molecule has 33 heavy (non-hydrogen) atoms. The Morgan fingerprint density at radius 3 is 2.73 bits per heavy atom. The van der Waals surface area contributed by atoms with Crippen LogP contribution in [-0.4, -0.2) is 42.5 Å². The number of hydrogen-bond acceptors (Lipinski definition) is 7. The van der Waals surface area contributed by atoms with E-state index < -0.39 is 15.9 Å². The van der Waals surface area contributed by atoms with E-state index in [2.05, 4.69) is 40.4 Å². The van der Waals surface area contributed by atoms with E-state index >= 15 is 0 Å². The maximum absolute atomic E-state index is 13.1. The van der Waals surface area contributed by atoms with Crippen molar-refractivity contribution in [2.45, 2.75) is 63.1 Å². The molecule has 8 nitrogen and oxygen atoms in total. The molecule has 176 valence electrons. The fraction of sp³-hybridized carbons (Fsp3) is 0.458. The minimum Gasteiger partial charge on any atom is -0.470 e. The maximum Gasteiger partial charge on any atom is 0.281 e. The van der Waals surface area contributed by atoms with Gasteiger partial charge < -0.3 is 9.64 Å². The number of amides is 1. The van der Waals surface area contributed by atoms with Crippen molar-refractivity contribution >= 4 is 21.7 Å². The monoisotopic (exact) mass is 470 g/mol. The normalized spacial score (nSPS) is 22.2. The summed E-state index contributed by atoms with van der Waals surface area (Å²) in [4.78, 5) is 23.7. The molecule has 1 fully saturated rings. The van der Waals surface area contributed by atoms with Crippen LogP contribution >= 0.6 is 0 Å². The molecule has 2 unspecified atom stereocenters. The number of pyridine rings is 2. The highest BCUT2D eigenvalue weighted by Crippen LogP contribution is 2.38. The van der Waals surface area contributed by atoms with E-state index in [0.29, 0.717) is 11.7 Å². The Balaban J connectivity index is 1.55. The van der Waals surface area contributed by atoms with E-state index in [1.807, 2.05) is 12.2 Å². The smallest absolute Gasteiger partial charge is 0.281 e. The fourth-order valence-electron chi connectivity index (χ4n) is 4.27. The maximum atomic E-state index is 13.1. The van der Waals surface area contributed by atoms with Gasteiger partial charge in [0, 0.05) is 24.3 Å². The van der Waals surface area contributed by atoms with Crippen molar-refractivity contribution in [1.82, 2.24) is 14.7 Å². The van der Waals surface area contributed by atoms with Crippen LogP contribution in [0.25, 0.3) is 0 Å². The Kier molecular flexibility index (Phi) is 6.43. The molecule has 9 heteroatoms. The van der Waals surface area contributed by atoms with Crippen LogP contribution in [0.5, 0.6) is 5.88 Å². The van der Waals surface area contributed by atoms with E-state index in [0.717, 1.165) is 32.2 Å². The number of rotatable bonds is 6. The molecule has 1 amide bonds. The number of ether oxygens (including phenoxy) is 1. The van der Waals surface area contributed by atoms with Crippen LogP contribution in [0.4, 0.5) is 5.82 Å². The van der Waals surface area contributed by atoms with Gasteiger partial charge in [0.05, 0.1) is 5.56 Å². The van der Waals surface area contributed by atoms with Gasteiger partial charge in [0.25, 0.3) is 15.9 Å². The number of carbonyl (C=O) groups excluding carboxylic acids is 1. The zero-order valence-corrected chi connectivity index (χ0v) is 20.0. The fourth-order valence-corrected chi connectivity index (χ4v) is 5.20. The molecule has 1 aliphatic carbocycles. The summed E-state index contributed by atoms with van der Waals surface area (Å²) in [5, 5.41) is -0.270. The Hall–Kier alpha value is -2.94. The summed E-state index contributed by atoms with van der Waals surface area (Å²) >= 11 is 0. The first-order valence-electron chi connectivity index (χ1n) is 11.3. The highest BCUT2D eigenvalue weighted by molar-refractivity contribution is 7.90. The van der Waals surface area contributed by atoms with Gasteiger partial charge >= 0.3 is 0 Å². The lowest BCUT2D eigenvalue weighted by Crippen LogP contribution is -2.43. The summed E-state index contributed by atoms with van der Waals surface area (Å²) in [6.45, 7) is 7.12. The van der Waals surface area contributed by atoms with Crippen molar-refractivity contribution in [3.05, 3.63) is 54.2 Å². The third-order valence-electron chi connectivity index (χ3n) is 6.66. The molecular formula is C24H30N4O4S. The predicted molar refractivity (Wildman–Crippen MR) is 126 cm³/mol. The molecule has 0 spiro atoms. The van der Waals surface area contributed by atoms with Gasteiger partial charge in [0.15, 0.2) is 5.03 Å². The van der Waals surface area contributed by atoms with Crippen molar-refractivity contribution < 1.29 is 17.9 Å². The van der Waals surface area contributed by atoms with E-state index in [4.69, 9.17) is 4.74 Å². The van der Waals surface area contributed by atoms with Crippen LogP contribution in [-0.2, 0) is 10.0 Å². The van der Waals surface area contributed by atoms with Crippen LogP contribution in [0.1, 0.15) is 56.8 Å². The Labute approximate surface area is 195 Å². The summed E-state index contributed by atoms with van der Waals surface area (Å²) in [5.41, 5.74) is 0.00580. The first kappa shape index (κ1) is 23.2. The SMILES string of the molecule is CC1CCN(c2ncccc2C(=O)NS(=O)(=O)c2cccc(OC3C=CCCC3)n2)C1(C)C. The third kappa shape index (κ3) is 4.88. The van der Waals surface area contributed by atoms with Crippen molar-refractivity contribution in [1.29, 1.82) is 0 Å². The van der Waals surface area contributed by atoms with E-state index in [1.54, 1.807) is 30.5 Å². The van der Waals surface area contributed by atoms with Crippen LogP contribution in [0.3, 0.4) is 0 Å². The molecule has 2 aromatic heterocycles. The van der Waals surface area contributed by atoms with Crippen molar-refractivity contribution in [2.75, 3.05) is 11.4 Å². The van der Waals surface area contributed by atoms with Gasteiger partial charge in [-0.05, 0) is 69.7 Å². The Morgan fingerprint density at radius 2 is 2.03 bits per heavy atom. The van der Waals surface area contributed by atoms with Gasteiger partial charge in [0.2, 0.25) is 5.88 Å². The molecule has 4 rings (SSSR count). The van der Waals surface area contributed by atoms with Gasteiger partial charge in [-0.1, -0.05) is 19.1 Å². The number of aromatic nitrogens is 2. The van der Waals surface area contributed by atoms with Crippen LogP contribution in [0.2, 0.25) is 0 Å². The first-order chi connectivity index (χ1) is 15.7. The summed E-state index contributed by atoms with van der Waals surface area (Å²) in [6.07, 6.45) is 9.32. The Bertz CT molecular complexity index is 1160. The first-order valence-corrected chi connectivity index (χ1v) is 12.8. The summed E-state index contributed by atoms with van der Waals surface area (Å²) in [6, 6.07) is 7.72. The number of nitrogens with zero attached hydrogens (tertiary/aromatic N) is 3. The molecule has 0 radical (unpaired) electrons. The zero-order chi connectivity index (χ0) is 23.6. The van der Waals surface area contributed by atoms with Crippen LogP contribution in [0, 0.1) is 5.92 Å². The van der Waals surface area contributed by atoms with Crippen LogP contribution in [0.15, 0.2) is 53.7 Å². The minimum atomic E-state index is -4.21. The molecule has 1 N–H and O–H groups in total. The lowest BCUT2D eigenvalue weighted by Gasteiger charge is -2.36. The predicted octanol–water partition coefficient (Wildman–Crippen LogP) is 3.71. The Morgan fingerprint density at radius 1 is 1.21 bits per heavy atom. The van der Waals surface area contributed by atoms with Crippen molar-refractivity contribution in [2.24, 2.45) is 5.92 Å². The second-order valence-electron chi connectivity index (χ2n) is 9.13. The van der Waals surface area contributed by atoms with Gasteiger partial charge in [0.1, 0.15) is 11.9 Å². The second kappa shape index (κ2) is 9.13. The van der Waals surface area contributed by atoms with Crippen LogP contribution < -0.4 is 14.4 Å². The molecule has 0 saturated carbocycles. The molecule has 1 aliphatic heterocycles. The molecule has 3 heterocycles. The topological polar surface area (TPSA) is 101 Å². The van der Waals surface area contributed by atoms with E-state index in [9.17, 15) is 13.2 Å². The third-order valence-corrected chi connectivity index (χ3v) is 7.89. The minimum absolute atomic E-state index is 0.136. The number of hydrogen-bond donors (Lipinski definition) is 1. The quantitative estimate of drug-likeness (QED) is 0.642. The molecular weight excluding hydrogens is 440 g/mol. The lowest BCUT2D eigenvalue weighted by molar-refractivity contribution is 0.0981. The number of anilines is 1. The molecule has 0 aromatic carbocycles. The largest absolute Gasteiger partial charge is 0.470 e. The number of carbonyl (C=O) groups is 1. The van der Waals surface area contributed by atoms with Gasteiger partial charge in [-0.3, -0.25) is 4.79 Å². The standard InChI is InChI=1S/C24H30N4O4S/c1-17-14-16-28(24(17,2)3)22-19(11-8-15-25-22)23(29)27-33(30,31)21-13-7-12-20(26-21)32-18-9-5-4-6-10-18/h5,7-9,11-13,15,17-18H,4,6,10,14,16H2,1-3H3,(H,27,29). The molecule has 0 bridgehead atoms. The van der Waals surface area contributed by atoms with E-state index in [-0.39, 0.29) is 28.1 Å². The van der Waals surface area contributed by atoms with Gasteiger partial charge in [-0.25, -0.2) is 9.71 Å². The number of nitrogens with one attached hydrogen (secondary N) is 1. The summed E-state index contributed by atoms with van der Waals surface area (Å²) in [7, 11) is -4.21. The van der Waals surface area contributed by atoms with Gasteiger partial charge in [-0.15, -0.1) is 0 Å². The zero-order valence-electron chi connectivity index (χ0n) is 19.2. The van der Waals surface area contributed by atoms with Crippen molar-refractivity contribution in [3.63, 3.8) is 0 Å². The number of allylic oxidation sites excluding steroid dienone is 1. The van der Waals surface area contributed by atoms with E-state index in [1.165, 1.54) is 6.07 Å². The highest BCUT2D eigenvalue weighted by Gasteiger charge is 2.40. The van der Waals surface area contributed by atoms with Crippen molar-refractivity contribution in [3.8, 4) is 5.88 Å². The summed E-state index contributed by atoms with van der Waals surface area (Å²) < 4.78 is 33.9. The molecule has 2 atom stereocenters. The summed E-state index contributed by atoms with van der Waals surface area (Å²) in [5.74, 6) is 0.354. The highest BCUT2D eigenvalue weighted by atomic mass is 32.2. The molecule has 1 saturated heterocycles. The average molecular weight is 471 g/mol. The van der Waals surface area contributed by atoms with Gasteiger partial charge in [-0.2, -0.15) is 13.4 Å². The lowest BCUT2D eigenvalue weighted by atomic mass is 9.90. The molecule has 2 aliphatic rings. The number of sulfonamides is 1. The second-order valence-corrected chi connectivity index (χ2v) is 10.8.